The molecule has 1 aromatic carbocycles. The summed E-state index contributed by atoms with van der Waals surface area (Å²) in [6.45, 7) is 6.16. The van der Waals surface area contributed by atoms with E-state index in [4.69, 9.17) is 5.73 Å². The first-order valence-corrected chi connectivity index (χ1v) is 10.5. The van der Waals surface area contributed by atoms with Crippen LogP contribution in [0.5, 0.6) is 0 Å². The lowest BCUT2D eigenvalue weighted by atomic mass is 9.96. The Bertz CT molecular complexity index is 732. The van der Waals surface area contributed by atoms with Crippen molar-refractivity contribution in [1.29, 1.82) is 0 Å². The molecule has 0 aliphatic carbocycles. The van der Waals surface area contributed by atoms with Gasteiger partial charge in [-0.3, -0.25) is 4.79 Å². The minimum atomic E-state index is -3.59. The topological polar surface area (TPSA) is 95.7 Å². The van der Waals surface area contributed by atoms with Crippen LogP contribution in [0.2, 0.25) is 0 Å². The minimum absolute atomic E-state index is 0. The van der Waals surface area contributed by atoms with Crippen LogP contribution in [0.1, 0.15) is 32.3 Å². The molecule has 9 heteroatoms. The van der Waals surface area contributed by atoms with Crippen LogP contribution in [0.4, 0.5) is 0 Å². The summed E-state index contributed by atoms with van der Waals surface area (Å²) in [5.41, 5.74) is 5.66. The van der Waals surface area contributed by atoms with Gasteiger partial charge in [-0.15, -0.1) is 12.4 Å². The predicted octanol–water partition coefficient (Wildman–Crippen LogP) is 1.18. The fraction of sp³-hybridized carbons (Fsp3) is 0.611. The number of piperazine rings is 1. The number of benzene rings is 1. The molecule has 0 aromatic heterocycles. The van der Waals surface area contributed by atoms with Gasteiger partial charge in [-0.2, -0.15) is 4.31 Å². The molecule has 0 saturated carbocycles. The molecule has 1 heterocycles. The first kappa shape index (κ1) is 23.8. The summed E-state index contributed by atoms with van der Waals surface area (Å²) in [7, 11) is -1.61. The number of rotatable bonds is 7. The molecule has 0 bridgehead atoms. The smallest absolute Gasteiger partial charge is 0.243 e. The Hall–Kier alpha value is -1.19. The molecular formula is C18H31ClN4O3S. The van der Waals surface area contributed by atoms with Gasteiger partial charge in [0, 0.05) is 32.7 Å². The molecule has 1 aliphatic rings. The highest BCUT2D eigenvalue weighted by Gasteiger charge is 2.30. The van der Waals surface area contributed by atoms with Crippen LogP contribution in [-0.2, 0) is 21.4 Å². The van der Waals surface area contributed by atoms with E-state index in [9.17, 15) is 13.2 Å². The van der Waals surface area contributed by atoms with Crippen LogP contribution in [-0.4, -0.2) is 62.3 Å². The Morgan fingerprint density at radius 2 is 1.81 bits per heavy atom. The zero-order valence-corrected chi connectivity index (χ0v) is 17.9. The molecule has 0 spiro atoms. The third-order valence-corrected chi connectivity index (χ3v) is 6.78. The zero-order valence-electron chi connectivity index (χ0n) is 16.3. The lowest BCUT2D eigenvalue weighted by Gasteiger charge is -2.32. The van der Waals surface area contributed by atoms with Gasteiger partial charge in [0.05, 0.1) is 10.4 Å². The Labute approximate surface area is 168 Å². The monoisotopic (exact) mass is 418 g/mol. The summed E-state index contributed by atoms with van der Waals surface area (Å²) in [4.78, 5) is 14.7. The zero-order chi connectivity index (χ0) is 19.4. The second kappa shape index (κ2) is 9.84. The van der Waals surface area contributed by atoms with Crippen molar-refractivity contribution < 1.29 is 13.2 Å². The molecule has 7 nitrogen and oxygen atoms in total. The van der Waals surface area contributed by atoms with Crippen LogP contribution >= 0.6 is 12.4 Å². The van der Waals surface area contributed by atoms with Crippen LogP contribution in [0, 0.1) is 0 Å². The highest BCUT2D eigenvalue weighted by atomic mass is 35.5. The quantitative estimate of drug-likeness (QED) is 0.693. The summed E-state index contributed by atoms with van der Waals surface area (Å²) in [5, 5.41) is 2.79. The third kappa shape index (κ3) is 5.89. The molecule has 2 rings (SSSR count). The van der Waals surface area contributed by atoms with E-state index in [1.54, 1.807) is 31.2 Å². The van der Waals surface area contributed by atoms with Crippen molar-refractivity contribution in [1.82, 2.24) is 14.5 Å². The number of carbonyl (C=O) groups excluding carboxylic acids is 1. The lowest BCUT2D eigenvalue weighted by Crippen LogP contribution is -2.51. The lowest BCUT2D eigenvalue weighted by molar-refractivity contribution is -0.126. The van der Waals surface area contributed by atoms with Gasteiger partial charge in [0.2, 0.25) is 15.9 Å². The van der Waals surface area contributed by atoms with E-state index in [1.807, 2.05) is 14.0 Å². The molecule has 0 radical (unpaired) electrons. The Kier molecular flexibility index (Phi) is 8.69. The van der Waals surface area contributed by atoms with Gasteiger partial charge < -0.3 is 16.0 Å². The van der Waals surface area contributed by atoms with Gasteiger partial charge in [-0.05, 0) is 32.0 Å². The molecule has 1 amide bonds. The molecule has 1 aliphatic heterocycles. The van der Waals surface area contributed by atoms with Crippen molar-refractivity contribution in [2.75, 3.05) is 33.2 Å². The summed E-state index contributed by atoms with van der Waals surface area (Å²) < 4.78 is 27.6. The van der Waals surface area contributed by atoms with E-state index in [0.717, 1.165) is 6.42 Å². The number of hydrogen-bond acceptors (Lipinski definition) is 5. The fourth-order valence-corrected chi connectivity index (χ4v) is 4.72. The fourth-order valence-electron chi connectivity index (χ4n) is 3.08. The second-order valence-electron chi connectivity index (χ2n) is 7.17. The number of nitrogens with one attached hydrogen (secondary N) is 1. The summed E-state index contributed by atoms with van der Waals surface area (Å²) >= 11 is 0. The normalized spacial score (nSPS) is 18.4. The molecule has 1 unspecified atom stereocenters. The van der Waals surface area contributed by atoms with Crippen molar-refractivity contribution >= 4 is 28.3 Å². The Balaban J connectivity index is 0.00000364. The number of carbonyl (C=O) groups is 1. The number of halogens is 1. The molecule has 154 valence electrons. The van der Waals surface area contributed by atoms with Crippen molar-refractivity contribution in [3.8, 4) is 0 Å². The van der Waals surface area contributed by atoms with Crippen molar-refractivity contribution in [2.24, 2.45) is 5.73 Å². The first-order chi connectivity index (χ1) is 12.2. The number of nitrogens with zero attached hydrogens (tertiary/aromatic N) is 2. The van der Waals surface area contributed by atoms with Crippen molar-refractivity contribution in [2.45, 2.75) is 43.7 Å². The van der Waals surface area contributed by atoms with Gasteiger partial charge in [0.1, 0.15) is 0 Å². The minimum Gasteiger partial charge on any atom is -0.350 e. The largest absolute Gasteiger partial charge is 0.350 e. The van der Waals surface area contributed by atoms with Gasteiger partial charge in [-0.1, -0.05) is 31.5 Å². The number of likely N-dealkylation sites (N-methyl/N-ethyl adjacent to an activating group) is 1. The van der Waals surface area contributed by atoms with Gasteiger partial charge in [-0.25, -0.2) is 8.42 Å². The highest BCUT2D eigenvalue weighted by molar-refractivity contribution is 7.89. The highest BCUT2D eigenvalue weighted by Crippen LogP contribution is 2.21. The van der Waals surface area contributed by atoms with E-state index in [0.29, 0.717) is 38.2 Å². The maximum Gasteiger partial charge on any atom is 0.243 e. The Morgan fingerprint density at radius 1 is 1.22 bits per heavy atom. The molecule has 27 heavy (non-hydrogen) atoms. The standard InChI is InChI=1S/C18H30N4O3S.ClH/c1-4-9-18(2,19)17(23)20-14-15-7-5-6-8-16(15)26(24,25)22-12-10-21(3)11-13-22;/h5-8H,4,9-14,19H2,1-3H3,(H,20,23);1H. The maximum atomic E-state index is 13.0. The maximum absolute atomic E-state index is 13.0. The van der Waals surface area contributed by atoms with Crippen molar-refractivity contribution in [3.63, 3.8) is 0 Å². The SMILES string of the molecule is CCCC(C)(N)C(=O)NCc1ccccc1S(=O)(=O)N1CCN(C)CC1.Cl. The van der Waals surface area contributed by atoms with E-state index < -0.39 is 15.6 Å². The average Bonchev–Trinajstić information content (AvgIpc) is 2.60. The first-order valence-electron chi connectivity index (χ1n) is 9.02. The summed E-state index contributed by atoms with van der Waals surface area (Å²) in [5.74, 6) is -0.272. The third-order valence-electron chi connectivity index (χ3n) is 4.78. The summed E-state index contributed by atoms with van der Waals surface area (Å²) in [6.07, 6.45) is 1.37. The molecule has 1 atom stereocenters. The van der Waals surface area contributed by atoms with Crippen molar-refractivity contribution in [3.05, 3.63) is 29.8 Å². The predicted molar refractivity (Wildman–Crippen MR) is 109 cm³/mol. The molecular weight excluding hydrogens is 388 g/mol. The van der Waals surface area contributed by atoms with E-state index in [2.05, 4.69) is 10.2 Å². The van der Waals surface area contributed by atoms with E-state index in [-0.39, 0.29) is 29.8 Å². The van der Waals surface area contributed by atoms with Crippen LogP contribution < -0.4 is 11.1 Å². The van der Waals surface area contributed by atoms with Crippen LogP contribution in [0.3, 0.4) is 0 Å². The number of hydrogen-bond donors (Lipinski definition) is 2. The molecule has 1 fully saturated rings. The van der Waals surface area contributed by atoms with Gasteiger partial charge >= 0.3 is 0 Å². The van der Waals surface area contributed by atoms with E-state index in [1.165, 1.54) is 4.31 Å². The average molecular weight is 419 g/mol. The molecule has 1 aromatic rings. The number of nitrogens with two attached hydrogens (primary N) is 1. The van der Waals surface area contributed by atoms with Crippen LogP contribution in [0.15, 0.2) is 29.2 Å². The molecule has 3 N–H and O–H groups in total. The van der Waals surface area contributed by atoms with Gasteiger partial charge in [0.25, 0.3) is 0 Å². The Morgan fingerprint density at radius 3 is 2.41 bits per heavy atom. The van der Waals surface area contributed by atoms with E-state index >= 15 is 0 Å². The molecule has 1 saturated heterocycles. The number of sulfonamides is 1. The summed E-state index contributed by atoms with van der Waals surface area (Å²) in [6, 6.07) is 6.82. The number of amides is 1. The van der Waals surface area contributed by atoms with Gasteiger partial charge in [0.15, 0.2) is 0 Å². The second-order valence-corrected chi connectivity index (χ2v) is 9.07. The van der Waals surface area contributed by atoms with Crippen LogP contribution in [0.25, 0.3) is 0 Å².